The van der Waals surface area contributed by atoms with Crippen molar-refractivity contribution in [2.45, 2.75) is 9.79 Å². The molecule has 0 amide bonds. The van der Waals surface area contributed by atoms with Crippen molar-refractivity contribution in [2.24, 2.45) is 0 Å². The maximum absolute atomic E-state index is 13.3. The second-order valence-corrected chi connectivity index (χ2v) is 6.05. The van der Waals surface area contributed by atoms with E-state index in [0.29, 0.717) is 4.47 Å². The molecule has 0 atom stereocenters. The van der Waals surface area contributed by atoms with Gasteiger partial charge in [-0.1, -0.05) is 27.7 Å². The quantitative estimate of drug-likeness (QED) is 0.680. The second kappa shape index (κ2) is 5.34. The van der Waals surface area contributed by atoms with Gasteiger partial charge in [-0.15, -0.1) is 0 Å². The average molecular weight is 362 g/mol. The first-order valence-corrected chi connectivity index (χ1v) is 6.94. The summed E-state index contributed by atoms with van der Waals surface area (Å²) in [5.41, 5.74) is 0. The van der Waals surface area contributed by atoms with Crippen LogP contribution >= 0.6 is 43.6 Å². The van der Waals surface area contributed by atoms with Crippen LogP contribution in [0, 0.1) is 5.82 Å². The summed E-state index contributed by atoms with van der Waals surface area (Å²) in [4.78, 5) is 1.98. The minimum absolute atomic E-state index is 0.234. The second-order valence-electron chi connectivity index (χ2n) is 3.13. The zero-order chi connectivity index (χ0) is 11.5. The van der Waals surface area contributed by atoms with Crippen LogP contribution in [0.1, 0.15) is 0 Å². The SMILES string of the molecule is Fc1cc(Sc2ccc(Br)cc2)ccc1Br. The van der Waals surface area contributed by atoms with Gasteiger partial charge in [0.1, 0.15) is 5.82 Å². The zero-order valence-corrected chi connectivity index (χ0v) is 12.1. The van der Waals surface area contributed by atoms with Crippen LogP contribution in [0.5, 0.6) is 0 Å². The van der Waals surface area contributed by atoms with Crippen LogP contribution in [0.15, 0.2) is 61.2 Å². The Bertz CT molecular complexity index is 497. The first kappa shape index (κ1) is 12.1. The van der Waals surface area contributed by atoms with Gasteiger partial charge in [-0.25, -0.2) is 4.39 Å². The van der Waals surface area contributed by atoms with E-state index in [0.717, 1.165) is 14.3 Å². The molecule has 0 aliphatic rings. The monoisotopic (exact) mass is 360 g/mol. The van der Waals surface area contributed by atoms with Crippen LogP contribution in [-0.4, -0.2) is 0 Å². The third-order valence-electron chi connectivity index (χ3n) is 1.94. The molecule has 16 heavy (non-hydrogen) atoms. The summed E-state index contributed by atoms with van der Waals surface area (Å²) in [6, 6.07) is 13.1. The summed E-state index contributed by atoms with van der Waals surface area (Å²) in [6.07, 6.45) is 0. The fourth-order valence-corrected chi connectivity index (χ4v) is 2.53. The minimum Gasteiger partial charge on any atom is -0.206 e. The summed E-state index contributed by atoms with van der Waals surface area (Å²) < 4.78 is 14.8. The molecule has 0 spiro atoms. The molecule has 0 aliphatic carbocycles. The van der Waals surface area contributed by atoms with Crippen LogP contribution in [0.25, 0.3) is 0 Å². The lowest BCUT2D eigenvalue weighted by Crippen LogP contribution is -1.79. The van der Waals surface area contributed by atoms with E-state index in [2.05, 4.69) is 31.9 Å². The van der Waals surface area contributed by atoms with E-state index in [-0.39, 0.29) is 5.82 Å². The maximum Gasteiger partial charge on any atom is 0.138 e. The van der Waals surface area contributed by atoms with Crippen molar-refractivity contribution >= 4 is 43.6 Å². The Hall–Kier alpha value is -0.320. The lowest BCUT2D eigenvalue weighted by molar-refractivity contribution is 0.617. The fraction of sp³-hybridized carbons (Fsp3) is 0. The van der Waals surface area contributed by atoms with E-state index in [1.807, 2.05) is 30.3 Å². The summed E-state index contributed by atoms with van der Waals surface area (Å²) in [7, 11) is 0. The van der Waals surface area contributed by atoms with Gasteiger partial charge >= 0.3 is 0 Å². The molecule has 0 bridgehead atoms. The fourth-order valence-electron chi connectivity index (χ4n) is 1.18. The summed E-state index contributed by atoms with van der Waals surface area (Å²) in [6.45, 7) is 0. The van der Waals surface area contributed by atoms with Gasteiger partial charge < -0.3 is 0 Å². The van der Waals surface area contributed by atoms with Crippen molar-refractivity contribution in [1.82, 2.24) is 0 Å². The topological polar surface area (TPSA) is 0 Å². The Balaban J connectivity index is 2.20. The van der Waals surface area contributed by atoms with Gasteiger partial charge in [0.2, 0.25) is 0 Å². The lowest BCUT2D eigenvalue weighted by atomic mass is 10.3. The van der Waals surface area contributed by atoms with Crippen molar-refractivity contribution < 1.29 is 4.39 Å². The van der Waals surface area contributed by atoms with Gasteiger partial charge in [0.25, 0.3) is 0 Å². The van der Waals surface area contributed by atoms with Crippen LogP contribution < -0.4 is 0 Å². The minimum atomic E-state index is -0.234. The van der Waals surface area contributed by atoms with E-state index < -0.39 is 0 Å². The van der Waals surface area contributed by atoms with E-state index in [1.54, 1.807) is 6.07 Å². The standard InChI is InChI=1S/C12H7Br2FS/c13-8-1-3-9(4-2-8)16-10-5-6-11(14)12(15)7-10/h1-7H. The number of rotatable bonds is 2. The molecule has 0 fully saturated rings. The Labute approximate surface area is 115 Å². The first-order valence-electron chi connectivity index (χ1n) is 4.53. The highest BCUT2D eigenvalue weighted by molar-refractivity contribution is 9.10. The molecular weight excluding hydrogens is 355 g/mol. The van der Waals surface area contributed by atoms with Crippen molar-refractivity contribution in [3.05, 3.63) is 57.2 Å². The van der Waals surface area contributed by atoms with Crippen LogP contribution in [0.3, 0.4) is 0 Å². The predicted octanol–water partition coefficient (Wildman–Crippen LogP) is 5.50. The van der Waals surface area contributed by atoms with Gasteiger partial charge in [0.15, 0.2) is 0 Å². The number of halogens is 3. The van der Waals surface area contributed by atoms with Crippen LogP contribution in [0.2, 0.25) is 0 Å². The summed E-state index contributed by atoms with van der Waals surface area (Å²) in [5, 5.41) is 0. The third kappa shape index (κ3) is 3.09. The molecule has 0 nitrogen and oxygen atoms in total. The maximum atomic E-state index is 13.3. The highest BCUT2D eigenvalue weighted by Gasteiger charge is 2.02. The number of benzene rings is 2. The Morgan fingerprint density at radius 3 is 2.12 bits per heavy atom. The lowest BCUT2D eigenvalue weighted by Gasteiger charge is -2.02. The van der Waals surface area contributed by atoms with Gasteiger partial charge in [-0.2, -0.15) is 0 Å². The molecule has 82 valence electrons. The largest absolute Gasteiger partial charge is 0.206 e. The summed E-state index contributed by atoms with van der Waals surface area (Å²) in [5.74, 6) is -0.234. The Kier molecular flexibility index (Phi) is 4.05. The predicted molar refractivity (Wildman–Crippen MR) is 72.4 cm³/mol. The molecule has 0 radical (unpaired) electrons. The van der Waals surface area contributed by atoms with Crippen LogP contribution in [-0.2, 0) is 0 Å². The molecule has 0 aromatic heterocycles. The van der Waals surface area contributed by atoms with Gasteiger partial charge in [-0.05, 0) is 58.4 Å². The Morgan fingerprint density at radius 1 is 0.875 bits per heavy atom. The summed E-state index contributed by atoms with van der Waals surface area (Å²) >= 11 is 8.05. The molecule has 0 saturated heterocycles. The smallest absolute Gasteiger partial charge is 0.138 e. The van der Waals surface area contributed by atoms with E-state index >= 15 is 0 Å². The molecule has 0 aliphatic heterocycles. The number of hydrogen-bond acceptors (Lipinski definition) is 1. The van der Waals surface area contributed by atoms with Crippen molar-refractivity contribution in [2.75, 3.05) is 0 Å². The van der Waals surface area contributed by atoms with Crippen molar-refractivity contribution in [3.8, 4) is 0 Å². The Morgan fingerprint density at radius 2 is 1.50 bits per heavy atom. The third-order valence-corrected chi connectivity index (χ3v) is 4.11. The molecule has 4 heteroatoms. The highest BCUT2D eigenvalue weighted by atomic mass is 79.9. The van der Waals surface area contributed by atoms with Crippen LogP contribution in [0.4, 0.5) is 4.39 Å². The number of hydrogen-bond donors (Lipinski definition) is 0. The van der Waals surface area contributed by atoms with E-state index in [4.69, 9.17) is 0 Å². The van der Waals surface area contributed by atoms with Gasteiger partial charge in [0, 0.05) is 14.3 Å². The first-order chi connectivity index (χ1) is 7.65. The van der Waals surface area contributed by atoms with Gasteiger partial charge in [-0.3, -0.25) is 0 Å². The molecule has 0 N–H and O–H groups in total. The molecule has 0 unspecified atom stereocenters. The van der Waals surface area contributed by atoms with E-state index in [9.17, 15) is 4.39 Å². The zero-order valence-electron chi connectivity index (χ0n) is 8.08. The van der Waals surface area contributed by atoms with Crippen molar-refractivity contribution in [3.63, 3.8) is 0 Å². The normalized spacial score (nSPS) is 10.4. The van der Waals surface area contributed by atoms with Gasteiger partial charge in [0.05, 0.1) is 4.47 Å². The highest BCUT2D eigenvalue weighted by Crippen LogP contribution is 2.30. The average Bonchev–Trinajstić information content (AvgIpc) is 2.27. The molecular formula is C12H7Br2FS. The van der Waals surface area contributed by atoms with Crippen molar-refractivity contribution in [1.29, 1.82) is 0 Å². The molecule has 0 heterocycles. The molecule has 0 saturated carbocycles. The van der Waals surface area contributed by atoms with E-state index in [1.165, 1.54) is 17.8 Å². The molecule has 2 aromatic rings. The molecule has 2 rings (SSSR count). The molecule has 2 aromatic carbocycles.